The van der Waals surface area contributed by atoms with Crippen LogP contribution in [0.4, 0.5) is 11.4 Å². The minimum Gasteiger partial charge on any atom is -0.457 e. The van der Waals surface area contributed by atoms with Crippen LogP contribution in [-0.2, 0) is 4.79 Å². The lowest BCUT2D eigenvalue weighted by Crippen LogP contribution is -2.28. The van der Waals surface area contributed by atoms with Crippen molar-refractivity contribution in [2.75, 3.05) is 10.7 Å². The number of hydrogen-bond donors (Lipinski definition) is 0. The molecule has 3 aromatic rings. The lowest BCUT2D eigenvalue weighted by molar-refractivity contribution is -0.385. The van der Waals surface area contributed by atoms with Crippen LogP contribution in [0.15, 0.2) is 72.8 Å². The first-order valence-electron chi connectivity index (χ1n) is 8.73. The fourth-order valence-electron chi connectivity index (χ4n) is 3.11. The lowest BCUT2D eigenvalue weighted by Gasteiger charge is -2.24. The number of halogens is 1. The molecule has 1 saturated heterocycles. The Hall–Kier alpha value is -3.03. The highest BCUT2D eigenvalue weighted by Crippen LogP contribution is 2.44. The summed E-state index contributed by atoms with van der Waals surface area (Å²) in [6.45, 7) is 0. The van der Waals surface area contributed by atoms with Crippen LogP contribution in [0.25, 0.3) is 0 Å². The molecule has 1 amide bonds. The van der Waals surface area contributed by atoms with Crippen molar-refractivity contribution < 1.29 is 14.5 Å². The molecule has 29 heavy (non-hydrogen) atoms. The van der Waals surface area contributed by atoms with Gasteiger partial charge in [0.2, 0.25) is 5.91 Å². The first-order chi connectivity index (χ1) is 14.0. The molecule has 0 aromatic heterocycles. The number of carbonyl (C=O) groups excluding carboxylic acids is 1. The smallest absolute Gasteiger partial charge is 0.275 e. The molecule has 1 heterocycles. The number of benzene rings is 3. The van der Waals surface area contributed by atoms with Crippen molar-refractivity contribution in [3.8, 4) is 11.5 Å². The number of carbonyl (C=O) groups is 1. The molecule has 6 nitrogen and oxygen atoms in total. The molecule has 1 fully saturated rings. The van der Waals surface area contributed by atoms with E-state index in [9.17, 15) is 14.9 Å². The summed E-state index contributed by atoms with van der Waals surface area (Å²) in [6.07, 6.45) is 0. The molecule has 3 aromatic carbocycles. The Kier molecular flexibility index (Phi) is 5.42. The van der Waals surface area contributed by atoms with Gasteiger partial charge in [-0.3, -0.25) is 19.8 Å². The van der Waals surface area contributed by atoms with Gasteiger partial charge in [-0.15, -0.1) is 11.8 Å². The minimum atomic E-state index is -0.452. The minimum absolute atomic E-state index is 0.00684. The number of nitrogens with zero attached hydrogens (tertiary/aromatic N) is 2. The third-order valence-corrected chi connectivity index (χ3v) is 5.88. The number of hydrogen-bond acceptors (Lipinski definition) is 5. The Morgan fingerprint density at radius 3 is 2.28 bits per heavy atom. The number of ether oxygens (including phenoxy) is 1. The Morgan fingerprint density at radius 1 is 1.00 bits per heavy atom. The molecule has 0 unspecified atom stereocenters. The predicted molar refractivity (Wildman–Crippen MR) is 114 cm³/mol. The lowest BCUT2D eigenvalue weighted by atomic mass is 10.1. The number of rotatable bonds is 5. The molecule has 8 heteroatoms. The third-order valence-electron chi connectivity index (χ3n) is 4.43. The van der Waals surface area contributed by atoms with E-state index in [4.69, 9.17) is 16.3 Å². The summed E-state index contributed by atoms with van der Waals surface area (Å²) in [4.78, 5) is 25.1. The van der Waals surface area contributed by atoms with Gasteiger partial charge in [-0.25, -0.2) is 0 Å². The van der Waals surface area contributed by atoms with Crippen molar-refractivity contribution in [1.82, 2.24) is 0 Å². The van der Waals surface area contributed by atoms with E-state index in [1.807, 2.05) is 0 Å². The highest BCUT2D eigenvalue weighted by atomic mass is 35.5. The quantitative estimate of drug-likeness (QED) is 0.379. The molecule has 1 aliphatic rings. The van der Waals surface area contributed by atoms with Gasteiger partial charge in [0, 0.05) is 16.8 Å². The van der Waals surface area contributed by atoms with E-state index in [0.29, 0.717) is 27.8 Å². The Bertz CT molecular complexity index is 1060. The fraction of sp³-hybridized carbons (Fsp3) is 0.0952. The summed E-state index contributed by atoms with van der Waals surface area (Å²) in [5, 5.41) is 11.6. The molecule has 1 atom stereocenters. The molecular formula is C21H15ClN2O4S. The van der Waals surface area contributed by atoms with Crippen LogP contribution in [0.1, 0.15) is 10.9 Å². The first kappa shape index (κ1) is 19.3. The number of anilines is 1. The highest BCUT2D eigenvalue weighted by molar-refractivity contribution is 8.00. The van der Waals surface area contributed by atoms with Crippen LogP contribution in [0.5, 0.6) is 11.5 Å². The van der Waals surface area contributed by atoms with Gasteiger partial charge in [0.25, 0.3) is 5.69 Å². The van der Waals surface area contributed by atoms with Crippen molar-refractivity contribution in [2.45, 2.75) is 5.37 Å². The van der Waals surface area contributed by atoms with Crippen molar-refractivity contribution in [3.63, 3.8) is 0 Å². The van der Waals surface area contributed by atoms with Crippen LogP contribution in [0.3, 0.4) is 0 Å². The maximum Gasteiger partial charge on any atom is 0.275 e. The van der Waals surface area contributed by atoms with Crippen LogP contribution < -0.4 is 9.64 Å². The van der Waals surface area contributed by atoms with Crippen molar-refractivity contribution >= 4 is 40.6 Å². The molecule has 0 N–H and O–H groups in total. The van der Waals surface area contributed by atoms with E-state index in [2.05, 4.69) is 0 Å². The van der Waals surface area contributed by atoms with Crippen molar-refractivity contribution in [1.29, 1.82) is 0 Å². The summed E-state index contributed by atoms with van der Waals surface area (Å²) >= 11 is 7.25. The van der Waals surface area contributed by atoms with E-state index in [0.717, 1.165) is 0 Å². The number of thioether (sulfide) groups is 1. The highest BCUT2D eigenvalue weighted by Gasteiger charge is 2.37. The van der Waals surface area contributed by atoms with E-state index >= 15 is 0 Å². The molecule has 1 aliphatic heterocycles. The Morgan fingerprint density at radius 2 is 1.62 bits per heavy atom. The zero-order valence-electron chi connectivity index (χ0n) is 15.0. The Balaban J connectivity index is 1.60. The second kappa shape index (κ2) is 8.14. The molecular weight excluding hydrogens is 412 g/mol. The van der Waals surface area contributed by atoms with Gasteiger partial charge in [-0.1, -0.05) is 23.7 Å². The van der Waals surface area contributed by atoms with Crippen LogP contribution in [0.2, 0.25) is 5.02 Å². The first-order valence-corrected chi connectivity index (χ1v) is 10.2. The van der Waals surface area contributed by atoms with E-state index < -0.39 is 10.3 Å². The molecule has 4 rings (SSSR count). The summed E-state index contributed by atoms with van der Waals surface area (Å²) < 4.78 is 5.78. The zero-order valence-corrected chi connectivity index (χ0v) is 16.6. The largest absolute Gasteiger partial charge is 0.457 e. The summed E-state index contributed by atoms with van der Waals surface area (Å²) in [6, 6.07) is 20.6. The molecule has 0 spiro atoms. The van der Waals surface area contributed by atoms with E-state index in [-0.39, 0.29) is 17.3 Å². The van der Waals surface area contributed by atoms with Gasteiger partial charge < -0.3 is 4.74 Å². The number of amides is 1. The fourth-order valence-corrected chi connectivity index (χ4v) is 4.44. The Labute approximate surface area is 176 Å². The predicted octanol–water partition coefficient (Wildman–Crippen LogP) is 5.82. The third kappa shape index (κ3) is 4.06. The summed E-state index contributed by atoms with van der Waals surface area (Å²) in [7, 11) is 0. The van der Waals surface area contributed by atoms with Gasteiger partial charge in [-0.2, -0.15) is 0 Å². The molecule has 0 bridgehead atoms. The number of para-hydroxylation sites is 1. The van der Waals surface area contributed by atoms with Gasteiger partial charge in [0.1, 0.15) is 16.9 Å². The normalized spacial score (nSPS) is 16.1. The standard InChI is InChI=1S/C21H15ClN2O4S/c22-14-5-9-16(10-6-14)28-17-11-7-15(8-12-17)23-20(25)13-29-21(23)18-3-1-2-4-19(18)24(26)27/h1-12,21H,13H2/t21-/m0/s1. The second-order valence-corrected chi connectivity index (χ2v) is 7.80. The van der Waals surface area contributed by atoms with Gasteiger partial charge in [-0.05, 0) is 54.6 Å². The number of nitro benzene ring substituents is 1. The van der Waals surface area contributed by atoms with Gasteiger partial charge in [0.05, 0.1) is 16.2 Å². The van der Waals surface area contributed by atoms with Gasteiger partial charge in [0.15, 0.2) is 0 Å². The summed E-state index contributed by atoms with van der Waals surface area (Å²) in [5.41, 5.74) is 1.17. The molecule has 146 valence electrons. The van der Waals surface area contributed by atoms with Crippen LogP contribution >= 0.6 is 23.4 Å². The second-order valence-electron chi connectivity index (χ2n) is 6.29. The van der Waals surface area contributed by atoms with Crippen molar-refractivity contribution in [2.24, 2.45) is 0 Å². The van der Waals surface area contributed by atoms with E-state index in [1.54, 1.807) is 71.6 Å². The monoisotopic (exact) mass is 426 g/mol. The van der Waals surface area contributed by atoms with Crippen LogP contribution in [0, 0.1) is 10.1 Å². The average Bonchev–Trinajstić information content (AvgIpc) is 3.11. The van der Waals surface area contributed by atoms with Gasteiger partial charge >= 0.3 is 0 Å². The number of nitro groups is 1. The van der Waals surface area contributed by atoms with E-state index in [1.165, 1.54) is 17.8 Å². The maximum absolute atomic E-state index is 12.5. The van der Waals surface area contributed by atoms with Crippen molar-refractivity contribution in [3.05, 3.63) is 93.5 Å². The topological polar surface area (TPSA) is 72.7 Å². The molecule has 0 radical (unpaired) electrons. The van der Waals surface area contributed by atoms with Crippen LogP contribution in [-0.4, -0.2) is 16.6 Å². The SMILES string of the molecule is O=C1CS[C@@H](c2ccccc2[N+](=O)[O-])N1c1ccc(Oc2ccc(Cl)cc2)cc1. The average molecular weight is 427 g/mol. The molecule has 0 aliphatic carbocycles. The zero-order chi connectivity index (χ0) is 20.4. The molecule has 0 saturated carbocycles. The summed E-state index contributed by atoms with van der Waals surface area (Å²) in [5.74, 6) is 1.43. The maximum atomic E-state index is 12.5.